The molecule has 4 nitrogen and oxygen atoms in total. The van der Waals surface area contributed by atoms with Crippen LogP contribution in [0.2, 0.25) is 0 Å². The molecule has 2 heterocycles. The molecule has 0 saturated carbocycles. The van der Waals surface area contributed by atoms with Gasteiger partial charge in [0.15, 0.2) is 0 Å². The Labute approximate surface area is 417 Å². The van der Waals surface area contributed by atoms with Crippen LogP contribution in [-0.2, 0) is 0 Å². The van der Waals surface area contributed by atoms with Crippen LogP contribution in [0.3, 0.4) is 0 Å². The minimum Gasteiger partial charge on any atom is -0.310 e. The van der Waals surface area contributed by atoms with Crippen molar-refractivity contribution < 1.29 is 0 Å². The van der Waals surface area contributed by atoms with Gasteiger partial charge in [0.1, 0.15) is 0 Å². The van der Waals surface area contributed by atoms with Crippen LogP contribution in [-0.4, -0.2) is 4.57 Å². The van der Waals surface area contributed by atoms with Crippen molar-refractivity contribution in [3.05, 3.63) is 279 Å². The molecule has 0 bridgehead atoms. The lowest BCUT2D eigenvalue weighted by molar-refractivity contribution is 1.18. The van der Waals surface area contributed by atoms with Gasteiger partial charge in [-0.2, -0.15) is 0 Å². The Balaban J connectivity index is 1.09. The molecule has 5 heteroatoms. The van der Waals surface area contributed by atoms with E-state index in [9.17, 15) is 0 Å². The Kier molecular flexibility index (Phi) is 10.7. The summed E-state index contributed by atoms with van der Waals surface area (Å²) in [5, 5.41) is 4.97. The largest absolute Gasteiger partial charge is 0.310 e. The maximum absolute atomic E-state index is 2.43. The zero-order chi connectivity index (χ0) is 47.1. The SMILES string of the molecule is c1ccc(-c2ccc(N(c3cc(N(c4ccccc4)c4ccccc4)cc(N(c4ccccc4)c4ccc5c(c4)sc4ccccc45)c3)c3ccc4c5ccccc5n(-c5ccccc5)c4c3)cc2)cc1. The van der Waals surface area contributed by atoms with Crippen molar-refractivity contribution >= 4 is 105 Å². The summed E-state index contributed by atoms with van der Waals surface area (Å²) in [5.41, 5.74) is 15.2. The molecule has 0 radical (unpaired) electrons. The van der Waals surface area contributed by atoms with Crippen LogP contribution in [0.5, 0.6) is 0 Å². The average Bonchev–Trinajstić information content (AvgIpc) is 3.98. The van der Waals surface area contributed by atoms with Gasteiger partial charge in [-0.25, -0.2) is 0 Å². The predicted molar refractivity (Wildman–Crippen MR) is 303 cm³/mol. The molecule has 0 N–H and O–H groups in total. The third-order valence-electron chi connectivity index (χ3n) is 13.5. The molecule has 0 amide bonds. The Morgan fingerprint density at radius 1 is 0.239 bits per heavy atom. The van der Waals surface area contributed by atoms with Crippen LogP contribution in [0, 0.1) is 0 Å². The first kappa shape index (κ1) is 42.0. The number of hydrogen-bond donors (Lipinski definition) is 0. The zero-order valence-corrected chi connectivity index (χ0v) is 39.6. The fourth-order valence-electron chi connectivity index (χ4n) is 10.3. The number of nitrogens with zero attached hydrogens (tertiary/aromatic N) is 4. The number of para-hydroxylation sites is 5. The number of fused-ring (bicyclic) bond motifs is 6. The summed E-state index contributed by atoms with van der Waals surface area (Å²) in [6.07, 6.45) is 0. The second-order valence-electron chi connectivity index (χ2n) is 17.8. The summed E-state index contributed by atoms with van der Waals surface area (Å²) >= 11 is 1.84. The Morgan fingerprint density at radius 3 is 1.23 bits per heavy atom. The van der Waals surface area contributed by atoms with Crippen LogP contribution in [0.1, 0.15) is 0 Å². The molecule has 2 aromatic heterocycles. The lowest BCUT2D eigenvalue weighted by Crippen LogP contribution is -2.16. The van der Waals surface area contributed by atoms with E-state index < -0.39 is 0 Å². The maximum atomic E-state index is 2.43. The molecule has 0 unspecified atom stereocenters. The van der Waals surface area contributed by atoms with Crippen molar-refractivity contribution in [3.8, 4) is 16.8 Å². The van der Waals surface area contributed by atoms with E-state index in [1.165, 1.54) is 42.0 Å². The van der Waals surface area contributed by atoms with Gasteiger partial charge in [0.05, 0.1) is 28.1 Å². The molecule has 0 aliphatic heterocycles. The predicted octanol–water partition coefficient (Wildman–Crippen LogP) is 19.2. The number of rotatable bonds is 11. The highest BCUT2D eigenvalue weighted by molar-refractivity contribution is 7.25. The average molecular weight is 927 g/mol. The molecule has 0 aliphatic rings. The van der Waals surface area contributed by atoms with Crippen molar-refractivity contribution in [3.63, 3.8) is 0 Å². The van der Waals surface area contributed by atoms with Gasteiger partial charge in [-0.1, -0.05) is 164 Å². The second kappa shape index (κ2) is 18.1. The lowest BCUT2D eigenvalue weighted by atomic mass is 10.0. The third-order valence-corrected chi connectivity index (χ3v) is 14.6. The van der Waals surface area contributed by atoms with Crippen molar-refractivity contribution in [2.24, 2.45) is 0 Å². The molecule has 0 aliphatic carbocycles. The van der Waals surface area contributed by atoms with Crippen LogP contribution in [0.25, 0.3) is 58.8 Å². The summed E-state index contributed by atoms with van der Waals surface area (Å²) < 4.78 is 4.94. The normalized spacial score (nSPS) is 11.4. The molecule has 0 atom stereocenters. The lowest BCUT2D eigenvalue weighted by Gasteiger charge is -2.33. The summed E-state index contributed by atoms with van der Waals surface area (Å²) in [6.45, 7) is 0. The molecule has 0 fully saturated rings. The molecule has 11 aromatic carbocycles. The Hall–Kier alpha value is -9.16. The first-order valence-corrected chi connectivity index (χ1v) is 24.9. The smallest absolute Gasteiger partial charge is 0.0561 e. The molecule has 71 heavy (non-hydrogen) atoms. The Bertz CT molecular complexity index is 3940. The van der Waals surface area contributed by atoms with Gasteiger partial charge >= 0.3 is 0 Å². The number of thiophene rings is 1. The summed E-state index contributed by atoms with van der Waals surface area (Å²) in [7, 11) is 0. The summed E-state index contributed by atoms with van der Waals surface area (Å²) in [5.74, 6) is 0. The third kappa shape index (κ3) is 7.75. The van der Waals surface area contributed by atoms with E-state index in [2.05, 4.69) is 298 Å². The van der Waals surface area contributed by atoms with Crippen molar-refractivity contribution in [1.29, 1.82) is 0 Å². The first-order valence-electron chi connectivity index (χ1n) is 24.1. The topological polar surface area (TPSA) is 14.7 Å². The number of hydrogen-bond acceptors (Lipinski definition) is 4. The van der Waals surface area contributed by atoms with E-state index in [4.69, 9.17) is 0 Å². The molecule has 13 aromatic rings. The van der Waals surface area contributed by atoms with E-state index >= 15 is 0 Å². The fraction of sp³-hybridized carbons (Fsp3) is 0. The van der Waals surface area contributed by atoms with Crippen LogP contribution < -0.4 is 14.7 Å². The molecule has 13 rings (SSSR count). The van der Waals surface area contributed by atoms with Gasteiger partial charge in [0, 0.05) is 70.8 Å². The van der Waals surface area contributed by atoms with E-state index in [-0.39, 0.29) is 0 Å². The minimum absolute atomic E-state index is 1.01. The second-order valence-corrected chi connectivity index (χ2v) is 18.9. The van der Waals surface area contributed by atoms with Gasteiger partial charge in [-0.3, -0.25) is 0 Å². The van der Waals surface area contributed by atoms with E-state index in [0.717, 1.165) is 68.0 Å². The highest BCUT2D eigenvalue weighted by atomic mass is 32.1. The molecular formula is C66H46N4S. The van der Waals surface area contributed by atoms with Gasteiger partial charge in [0.25, 0.3) is 0 Å². The van der Waals surface area contributed by atoms with E-state index in [1.807, 2.05) is 11.3 Å². The van der Waals surface area contributed by atoms with Gasteiger partial charge in [-0.05, 0) is 126 Å². The van der Waals surface area contributed by atoms with Crippen LogP contribution in [0.15, 0.2) is 279 Å². The first-order chi connectivity index (χ1) is 35.2. The number of aromatic nitrogens is 1. The summed E-state index contributed by atoms with van der Waals surface area (Å²) in [6, 6.07) is 101. The zero-order valence-electron chi connectivity index (χ0n) is 38.8. The van der Waals surface area contributed by atoms with Gasteiger partial charge in [-0.15, -0.1) is 11.3 Å². The number of benzene rings is 11. The van der Waals surface area contributed by atoms with Crippen molar-refractivity contribution in [2.45, 2.75) is 0 Å². The molecular weight excluding hydrogens is 881 g/mol. The minimum atomic E-state index is 1.01. The molecule has 336 valence electrons. The number of anilines is 9. The summed E-state index contributed by atoms with van der Waals surface area (Å²) in [4.78, 5) is 7.22. The van der Waals surface area contributed by atoms with Crippen molar-refractivity contribution in [1.82, 2.24) is 4.57 Å². The van der Waals surface area contributed by atoms with Crippen LogP contribution in [0.4, 0.5) is 51.2 Å². The van der Waals surface area contributed by atoms with Gasteiger partial charge in [0.2, 0.25) is 0 Å². The highest BCUT2D eigenvalue weighted by Crippen LogP contribution is 2.48. The van der Waals surface area contributed by atoms with E-state index in [1.54, 1.807) is 0 Å². The van der Waals surface area contributed by atoms with Crippen molar-refractivity contribution in [2.75, 3.05) is 14.7 Å². The quantitative estimate of drug-likeness (QED) is 0.128. The van der Waals surface area contributed by atoms with Gasteiger partial charge < -0.3 is 19.3 Å². The van der Waals surface area contributed by atoms with E-state index in [0.29, 0.717) is 0 Å². The monoisotopic (exact) mass is 926 g/mol. The molecule has 0 saturated heterocycles. The standard InChI is InChI=1S/C66H46N4S/c1-6-20-47(21-7-1)48-34-36-53(37-35-48)69(54-38-40-60-59-30-16-18-32-63(59)70(64(60)45-54)52-28-14-5-15-29-52)58-43-56(67(49-22-8-2-9-23-49)50-24-10-3-11-25-50)42-57(44-58)68(51-26-12-4-13-27-51)55-39-41-62-61-31-17-19-33-65(61)71-66(62)46-55/h1-46H. The fourth-order valence-corrected chi connectivity index (χ4v) is 11.4. The molecule has 0 spiro atoms. The Morgan fingerprint density at radius 2 is 0.634 bits per heavy atom. The maximum Gasteiger partial charge on any atom is 0.0561 e. The van der Waals surface area contributed by atoms with Crippen LogP contribution >= 0.6 is 11.3 Å². The highest BCUT2D eigenvalue weighted by Gasteiger charge is 2.24.